The molecule has 0 fully saturated rings. The Labute approximate surface area is 103 Å². The van der Waals surface area contributed by atoms with Crippen LogP contribution in [0.3, 0.4) is 0 Å². The maximum atomic E-state index is 5.81. The summed E-state index contributed by atoms with van der Waals surface area (Å²) in [6.07, 6.45) is 0. The van der Waals surface area contributed by atoms with Crippen molar-refractivity contribution in [3.63, 3.8) is 0 Å². The molecule has 0 bridgehead atoms. The number of anilines is 2. The summed E-state index contributed by atoms with van der Waals surface area (Å²) in [6.45, 7) is 4.97. The van der Waals surface area contributed by atoms with Crippen molar-refractivity contribution in [3.05, 3.63) is 18.2 Å². The highest BCUT2D eigenvalue weighted by atomic mass is 16.5. The van der Waals surface area contributed by atoms with Gasteiger partial charge in [-0.3, -0.25) is 0 Å². The largest absolute Gasteiger partial charge is 0.497 e. The number of hydrogen-bond acceptors (Lipinski definition) is 4. The maximum Gasteiger partial charge on any atom is 0.122 e. The monoisotopic (exact) mass is 238 g/mol. The normalized spacial score (nSPS) is 12.5. The average molecular weight is 238 g/mol. The summed E-state index contributed by atoms with van der Waals surface area (Å²) in [7, 11) is 3.34. The van der Waals surface area contributed by atoms with Gasteiger partial charge in [-0.05, 0) is 12.0 Å². The molecule has 96 valence electrons. The molecular formula is C13H22N2O2. The molecule has 1 unspecified atom stereocenters. The summed E-state index contributed by atoms with van der Waals surface area (Å²) in [6, 6.07) is 5.88. The predicted octanol–water partition coefficient (Wildman–Crippen LogP) is 2.36. The highest BCUT2D eigenvalue weighted by molar-refractivity contribution is 5.59. The molecule has 0 spiro atoms. The summed E-state index contributed by atoms with van der Waals surface area (Å²) in [5.74, 6) is 1.23. The van der Waals surface area contributed by atoms with Gasteiger partial charge >= 0.3 is 0 Å². The number of hydrogen-bond donors (Lipinski definition) is 2. The molecule has 0 heterocycles. The van der Waals surface area contributed by atoms with E-state index in [2.05, 4.69) is 19.2 Å². The van der Waals surface area contributed by atoms with Crippen molar-refractivity contribution in [1.29, 1.82) is 0 Å². The molecule has 1 atom stereocenters. The minimum absolute atomic E-state index is 0.256. The van der Waals surface area contributed by atoms with Gasteiger partial charge in [0.2, 0.25) is 0 Å². The molecule has 0 saturated heterocycles. The van der Waals surface area contributed by atoms with E-state index in [0.717, 1.165) is 11.4 Å². The number of nitrogens with one attached hydrogen (secondary N) is 1. The molecule has 0 aromatic heterocycles. The van der Waals surface area contributed by atoms with Crippen LogP contribution in [0.1, 0.15) is 13.8 Å². The quantitative estimate of drug-likeness (QED) is 0.747. The second-order valence-corrected chi connectivity index (χ2v) is 4.45. The van der Waals surface area contributed by atoms with Gasteiger partial charge in [-0.15, -0.1) is 0 Å². The second kappa shape index (κ2) is 6.35. The van der Waals surface area contributed by atoms with E-state index < -0.39 is 0 Å². The van der Waals surface area contributed by atoms with Gasteiger partial charge in [-0.1, -0.05) is 13.8 Å². The lowest BCUT2D eigenvalue weighted by molar-refractivity contribution is 0.171. The summed E-state index contributed by atoms with van der Waals surface area (Å²) in [5.41, 5.74) is 7.45. The Bertz CT molecular complexity index is 353. The molecule has 0 aliphatic heterocycles. The molecule has 1 rings (SSSR count). The zero-order valence-electron chi connectivity index (χ0n) is 11.0. The van der Waals surface area contributed by atoms with Crippen molar-refractivity contribution in [2.45, 2.75) is 19.9 Å². The van der Waals surface area contributed by atoms with E-state index in [-0.39, 0.29) is 6.04 Å². The third-order valence-corrected chi connectivity index (χ3v) is 2.67. The van der Waals surface area contributed by atoms with Gasteiger partial charge in [0.15, 0.2) is 0 Å². The molecule has 0 radical (unpaired) electrons. The van der Waals surface area contributed by atoms with Crippen molar-refractivity contribution < 1.29 is 9.47 Å². The average Bonchev–Trinajstić information content (AvgIpc) is 2.27. The van der Waals surface area contributed by atoms with Crippen molar-refractivity contribution >= 4 is 11.4 Å². The van der Waals surface area contributed by atoms with Gasteiger partial charge in [0.25, 0.3) is 0 Å². The van der Waals surface area contributed by atoms with Crippen LogP contribution in [0.15, 0.2) is 18.2 Å². The highest BCUT2D eigenvalue weighted by Crippen LogP contribution is 2.23. The zero-order chi connectivity index (χ0) is 12.8. The Hall–Kier alpha value is -1.42. The Kier molecular flexibility index (Phi) is 5.10. The minimum Gasteiger partial charge on any atom is -0.497 e. The summed E-state index contributed by atoms with van der Waals surface area (Å²) in [4.78, 5) is 0. The van der Waals surface area contributed by atoms with Gasteiger partial charge in [-0.2, -0.15) is 0 Å². The van der Waals surface area contributed by atoms with Crippen molar-refractivity contribution in [3.8, 4) is 5.75 Å². The van der Waals surface area contributed by atoms with Crippen molar-refractivity contribution in [2.75, 3.05) is 31.9 Å². The van der Waals surface area contributed by atoms with E-state index >= 15 is 0 Å². The Balaban J connectivity index is 2.81. The third-order valence-electron chi connectivity index (χ3n) is 2.67. The minimum atomic E-state index is 0.256. The van der Waals surface area contributed by atoms with Crippen LogP contribution >= 0.6 is 0 Å². The van der Waals surface area contributed by atoms with Crippen LogP contribution in [-0.2, 0) is 4.74 Å². The van der Waals surface area contributed by atoms with Crippen LogP contribution in [0.25, 0.3) is 0 Å². The Morgan fingerprint density at radius 2 is 1.94 bits per heavy atom. The molecule has 0 saturated carbocycles. The molecule has 0 aliphatic rings. The first-order chi connectivity index (χ1) is 8.06. The molecule has 1 aromatic rings. The van der Waals surface area contributed by atoms with Crippen molar-refractivity contribution in [1.82, 2.24) is 0 Å². The smallest absolute Gasteiger partial charge is 0.122 e. The SMILES string of the molecule is COCC(Nc1cc(N)cc(OC)c1)C(C)C. The van der Waals surface area contributed by atoms with Crippen LogP contribution in [-0.4, -0.2) is 26.9 Å². The molecule has 1 aromatic carbocycles. The Morgan fingerprint density at radius 3 is 2.47 bits per heavy atom. The number of benzene rings is 1. The van der Waals surface area contributed by atoms with Crippen LogP contribution in [0.2, 0.25) is 0 Å². The molecule has 3 N–H and O–H groups in total. The first-order valence-electron chi connectivity index (χ1n) is 5.76. The van der Waals surface area contributed by atoms with Crippen LogP contribution in [0.4, 0.5) is 11.4 Å². The predicted molar refractivity (Wildman–Crippen MR) is 71.5 cm³/mol. The van der Waals surface area contributed by atoms with Gasteiger partial charge in [0.05, 0.1) is 19.8 Å². The fourth-order valence-electron chi connectivity index (χ4n) is 1.62. The van der Waals surface area contributed by atoms with Gasteiger partial charge < -0.3 is 20.5 Å². The van der Waals surface area contributed by atoms with Crippen LogP contribution < -0.4 is 15.8 Å². The van der Waals surface area contributed by atoms with E-state index in [1.54, 1.807) is 20.3 Å². The zero-order valence-corrected chi connectivity index (χ0v) is 11.0. The van der Waals surface area contributed by atoms with Crippen molar-refractivity contribution in [2.24, 2.45) is 5.92 Å². The van der Waals surface area contributed by atoms with Gasteiger partial charge in [0, 0.05) is 30.6 Å². The number of ether oxygens (including phenoxy) is 2. The first-order valence-corrected chi connectivity index (χ1v) is 5.76. The standard InChI is InChI=1S/C13H22N2O2/c1-9(2)13(8-16-3)15-11-5-10(14)6-12(7-11)17-4/h5-7,9,13,15H,8,14H2,1-4H3. The summed E-state index contributed by atoms with van der Waals surface area (Å²) < 4.78 is 10.4. The maximum absolute atomic E-state index is 5.81. The van der Waals surface area contributed by atoms with E-state index in [0.29, 0.717) is 18.2 Å². The van der Waals surface area contributed by atoms with E-state index in [9.17, 15) is 0 Å². The summed E-state index contributed by atoms with van der Waals surface area (Å²) in [5, 5.41) is 3.41. The van der Waals surface area contributed by atoms with Gasteiger partial charge in [0.1, 0.15) is 5.75 Å². The van der Waals surface area contributed by atoms with Gasteiger partial charge in [-0.25, -0.2) is 0 Å². The highest BCUT2D eigenvalue weighted by Gasteiger charge is 2.13. The second-order valence-electron chi connectivity index (χ2n) is 4.45. The Morgan fingerprint density at radius 1 is 1.24 bits per heavy atom. The van der Waals surface area contributed by atoms with E-state index in [1.165, 1.54) is 0 Å². The summed E-state index contributed by atoms with van der Waals surface area (Å²) >= 11 is 0. The number of rotatable bonds is 6. The molecular weight excluding hydrogens is 216 g/mol. The third kappa shape index (κ3) is 4.15. The first kappa shape index (κ1) is 13.6. The number of nitrogens with two attached hydrogens (primary N) is 1. The number of nitrogen functional groups attached to an aromatic ring is 1. The lowest BCUT2D eigenvalue weighted by atomic mass is 10.0. The lowest BCUT2D eigenvalue weighted by Crippen LogP contribution is -2.30. The lowest BCUT2D eigenvalue weighted by Gasteiger charge is -2.23. The van der Waals surface area contributed by atoms with Crippen LogP contribution in [0, 0.1) is 5.92 Å². The molecule has 4 heteroatoms. The fourth-order valence-corrected chi connectivity index (χ4v) is 1.62. The van der Waals surface area contributed by atoms with E-state index in [4.69, 9.17) is 15.2 Å². The molecule has 17 heavy (non-hydrogen) atoms. The fraction of sp³-hybridized carbons (Fsp3) is 0.538. The molecule has 0 amide bonds. The van der Waals surface area contributed by atoms with E-state index in [1.807, 2.05) is 12.1 Å². The molecule has 0 aliphatic carbocycles. The number of methoxy groups -OCH3 is 2. The topological polar surface area (TPSA) is 56.5 Å². The van der Waals surface area contributed by atoms with Crippen LogP contribution in [0.5, 0.6) is 5.75 Å². The molecule has 4 nitrogen and oxygen atoms in total.